The quantitative estimate of drug-likeness (QED) is 0.715. The molecule has 1 amide bonds. The summed E-state index contributed by atoms with van der Waals surface area (Å²) in [6.07, 6.45) is -2.80. The molecular formula is C18H19Cl2F3N4O. The van der Waals surface area contributed by atoms with Crippen molar-refractivity contribution in [3.8, 4) is 0 Å². The van der Waals surface area contributed by atoms with Gasteiger partial charge in [0.25, 0.3) is 6.43 Å². The van der Waals surface area contributed by atoms with Crippen LogP contribution in [0.15, 0.2) is 18.2 Å². The van der Waals surface area contributed by atoms with Crippen molar-refractivity contribution in [2.24, 2.45) is 0 Å². The second-order valence-corrected chi connectivity index (χ2v) is 7.39. The molecule has 0 N–H and O–H groups in total. The monoisotopic (exact) mass is 434 g/mol. The molecule has 0 spiro atoms. The Balaban J connectivity index is 1.58. The Kier molecular flexibility index (Phi) is 6.52. The van der Waals surface area contributed by atoms with E-state index in [2.05, 4.69) is 5.10 Å². The lowest BCUT2D eigenvalue weighted by Crippen LogP contribution is -2.49. The number of piperazine rings is 1. The third-order valence-corrected chi connectivity index (χ3v) is 5.64. The molecule has 0 unspecified atom stereocenters. The maximum Gasteiger partial charge on any atom is 0.283 e. The van der Waals surface area contributed by atoms with Gasteiger partial charge < -0.3 is 4.90 Å². The van der Waals surface area contributed by atoms with E-state index in [1.165, 1.54) is 10.7 Å². The zero-order chi connectivity index (χ0) is 20.4. The number of aromatic nitrogens is 2. The molecule has 0 bridgehead atoms. The van der Waals surface area contributed by atoms with Crippen LogP contribution in [-0.2, 0) is 17.9 Å². The number of amides is 1. The number of carbonyl (C=O) groups is 1. The maximum absolute atomic E-state index is 13.9. The number of hydrogen-bond acceptors (Lipinski definition) is 3. The number of alkyl halides is 2. The minimum absolute atomic E-state index is 0.116. The molecule has 5 nitrogen and oxygen atoms in total. The van der Waals surface area contributed by atoms with Gasteiger partial charge in [0.1, 0.15) is 18.1 Å². The van der Waals surface area contributed by atoms with E-state index in [4.69, 9.17) is 23.2 Å². The highest BCUT2D eigenvalue weighted by Crippen LogP contribution is 2.28. The Morgan fingerprint density at radius 2 is 1.89 bits per heavy atom. The van der Waals surface area contributed by atoms with Gasteiger partial charge in [0.2, 0.25) is 5.91 Å². The van der Waals surface area contributed by atoms with Gasteiger partial charge in [-0.05, 0) is 19.1 Å². The van der Waals surface area contributed by atoms with Crippen LogP contribution in [0.4, 0.5) is 13.2 Å². The second-order valence-electron chi connectivity index (χ2n) is 6.60. The van der Waals surface area contributed by atoms with Crippen molar-refractivity contribution in [3.63, 3.8) is 0 Å². The Bertz CT molecular complexity index is 847. The third-order valence-electron chi connectivity index (χ3n) is 4.82. The van der Waals surface area contributed by atoms with Gasteiger partial charge in [-0.25, -0.2) is 13.2 Å². The van der Waals surface area contributed by atoms with Crippen molar-refractivity contribution in [2.75, 3.05) is 26.2 Å². The van der Waals surface area contributed by atoms with E-state index in [0.717, 1.165) is 0 Å². The zero-order valence-electron chi connectivity index (χ0n) is 15.1. The maximum atomic E-state index is 13.9. The van der Waals surface area contributed by atoms with E-state index in [-0.39, 0.29) is 23.3 Å². The summed E-state index contributed by atoms with van der Waals surface area (Å²) < 4.78 is 40.9. The second kappa shape index (κ2) is 8.71. The lowest BCUT2D eigenvalue weighted by Gasteiger charge is -2.35. The van der Waals surface area contributed by atoms with E-state index in [0.29, 0.717) is 49.0 Å². The van der Waals surface area contributed by atoms with Crippen LogP contribution in [0.2, 0.25) is 10.0 Å². The first-order valence-corrected chi connectivity index (χ1v) is 9.47. The third kappa shape index (κ3) is 4.45. The molecule has 1 aliphatic heterocycles. The Labute approximate surface area is 170 Å². The highest BCUT2D eigenvalue weighted by atomic mass is 35.5. The van der Waals surface area contributed by atoms with Crippen molar-refractivity contribution < 1.29 is 18.0 Å². The summed E-state index contributed by atoms with van der Waals surface area (Å²) in [5, 5.41) is 4.01. The molecule has 2 heterocycles. The number of benzene rings is 1. The van der Waals surface area contributed by atoms with Gasteiger partial charge in [0.05, 0.1) is 10.7 Å². The SMILES string of the molecule is Cc1c(Cl)c(C(F)F)nn1CC(=O)N1CCN(Cc2c(F)cccc2Cl)CC1. The molecule has 1 saturated heterocycles. The number of rotatable bonds is 5. The molecule has 10 heteroatoms. The largest absolute Gasteiger partial charge is 0.339 e. The Morgan fingerprint density at radius 1 is 1.21 bits per heavy atom. The number of nitrogens with zero attached hydrogens (tertiary/aromatic N) is 4. The molecule has 0 atom stereocenters. The van der Waals surface area contributed by atoms with Gasteiger partial charge in [-0.2, -0.15) is 5.10 Å². The molecule has 0 radical (unpaired) electrons. The molecule has 1 aromatic carbocycles. The minimum Gasteiger partial charge on any atom is -0.339 e. The predicted molar refractivity (Wildman–Crippen MR) is 100 cm³/mol. The smallest absolute Gasteiger partial charge is 0.283 e. The Hall–Kier alpha value is -1.77. The van der Waals surface area contributed by atoms with Crippen molar-refractivity contribution in [1.82, 2.24) is 19.6 Å². The molecule has 0 aliphatic carbocycles. The molecule has 1 fully saturated rings. The van der Waals surface area contributed by atoms with Crippen LogP contribution in [0, 0.1) is 12.7 Å². The summed E-state index contributed by atoms with van der Waals surface area (Å²) in [6, 6.07) is 4.57. The van der Waals surface area contributed by atoms with Gasteiger partial charge in [-0.1, -0.05) is 29.3 Å². The summed E-state index contributed by atoms with van der Waals surface area (Å²) in [7, 11) is 0. The predicted octanol–water partition coefficient (Wildman–Crippen LogP) is 3.92. The molecule has 1 aliphatic rings. The molecule has 152 valence electrons. The number of hydrogen-bond donors (Lipinski definition) is 0. The normalized spacial score (nSPS) is 15.5. The first-order valence-electron chi connectivity index (χ1n) is 8.72. The average molecular weight is 435 g/mol. The summed E-state index contributed by atoms with van der Waals surface area (Å²) in [5.41, 5.74) is 0.252. The van der Waals surface area contributed by atoms with Gasteiger partial charge in [0, 0.05) is 43.3 Å². The van der Waals surface area contributed by atoms with Crippen LogP contribution in [0.3, 0.4) is 0 Å². The fraction of sp³-hybridized carbons (Fsp3) is 0.444. The number of halogens is 5. The van der Waals surface area contributed by atoms with Crippen molar-refractivity contribution in [1.29, 1.82) is 0 Å². The average Bonchev–Trinajstić information content (AvgIpc) is 2.94. The van der Waals surface area contributed by atoms with Crippen LogP contribution >= 0.6 is 23.2 Å². The Morgan fingerprint density at radius 3 is 2.46 bits per heavy atom. The van der Waals surface area contributed by atoms with Gasteiger partial charge in [-0.3, -0.25) is 14.4 Å². The molecule has 0 saturated carbocycles. The van der Waals surface area contributed by atoms with Crippen molar-refractivity contribution >= 4 is 29.1 Å². The van der Waals surface area contributed by atoms with Gasteiger partial charge in [0.15, 0.2) is 0 Å². The standard InChI is InChI=1S/C18H19Cl2F3N4O/c1-11-16(20)17(18(22)23)24-27(11)10-15(28)26-7-5-25(6-8-26)9-12-13(19)3-2-4-14(12)21/h2-4,18H,5-10H2,1H3. The first-order chi connectivity index (χ1) is 13.3. The minimum atomic E-state index is -2.80. The van der Waals surface area contributed by atoms with Crippen LogP contribution in [0.1, 0.15) is 23.4 Å². The molecule has 1 aromatic heterocycles. The fourth-order valence-electron chi connectivity index (χ4n) is 3.13. The number of carbonyl (C=O) groups excluding carboxylic acids is 1. The lowest BCUT2D eigenvalue weighted by atomic mass is 10.2. The van der Waals surface area contributed by atoms with Crippen molar-refractivity contribution in [3.05, 3.63) is 51.0 Å². The summed E-state index contributed by atoms with van der Waals surface area (Å²) in [5.74, 6) is -0.585. The van der Waals surface area contributed by atoms with E-state index in [1.54, 1.807) is 24.0 Å². The van der Waals surface area contributed by atoms with Crippen LogP contribution in [0.5, 0.6) is 0 Å². The van der Waals surface area contributed by atoms with E-state index < -0.39 is 12.1 Å². The fourth-order valence-corrected chi connectivity index (χ4v) is 3.57. The molecule has 28 heavy (non-hydrogen) atoms. The van der Waals surface area contributed by atoms with Crippen LogP contribution in [0.25, 0.3) is 0 Å². The van der Waals surface area contributed by atoms with Gasteiger partial charge in [-0.15, -0.1) is 0 Å². The highest BCUT2D eigenvalue weighted by molar-refractivity contribution is 6.32. The summed E-state index contributed by atoms with van der Waals surface area (Å²) in [6.45, 7) is 3.75. The van der Waals surface area contributed by atoms with Gasteiger partial charge >= 0.3 is 0 Å². The summed E-state index contributed by atoms with van der Waals surface area (Å²) >= 11 is 11.9. The molecule has 3 rings (SSSR count). The van der Waals surface area contributed by atoms with E-state index in [1.807, 2.05) is 4.90 Å². The molecular weight excluding hydrogens is 416 g/mol. The molecule has 2 aromatic rings. The highest BCUT2D eigenvalue weighted by Gasteiger charge is 2.25. The van der Waals surface area contributed by atoms with Crippen LogP contribution < -0.4 is 0 Å². The first kappa shape index (κ1) is 21.0. The van der Waals surface area contributed by atoms with Crippen LogP contribution in [-0.4, -0.2) is 51.7 Å². The van der Waals surface area contributed by atoms with Crippen molar-refractivity contribution in [2.45, 2.75) is 26.4 Å². The zero-order valence-corrected chi connectivity index (χ0v) is 16.7. The summed E-state index contributed by atoms with van der Waals surface area (Å²) in [4.78, 5) is 16.2. The lowest BCUT2D eigenvalue weighted by molar-refractivity contribution is -0.133. The van der Waals surface area contributed by atoms with E-state index in [9.17, 15) is 18.0 Å². The van der Waals surface area contributed by atoms with E-state index >= 15 is 0 Å². The topological polar surface area (TPSA) is 41.4 Å².